The number of aromatic nitrogens is 4. The van der Waals surface area contributed by atoms with Gasteiger partial charge < -0.3 is 15.3 Å². The standard InChI is InChI=1S/C15H17N7O3/c23-13-2-1-10(22-9-17-18-19-22)7-11(13)15(25)21-6-5-20-4-3-16-14(24)12(20)8-21/h1-2,7,9,12,23H,3-6,8H2,(H,16,24). The second kappa shape index (κ2) is 6.13. The second-order valence-electron chi connectivity index (χ2n) is 6.05. The zero-order valence-electron chi connectivity index (χ0n) is 13.4. The van der Waals surface area contributed by atoms with Crippen molar-refractivity contribution in [2.75, 3.05) is 32.7 Å². The Bertz CT molecular complexity index is 807. The first-order valence-corrected chi connectivity index (χ1v) is 8.01. The topological polar surface area (TPSA) is 116 Å². The third kappa shape index (κ3) is 2.80. The van der Waals surface area contributed by atoms with Crippen LogP contribution in [-0.2, 0) is 4.79 Å². The molecule has 2 fully saturated rings. The highest BCUT2D eigenvalue weighted by molar-refractivity contribution is 5.98. The van der Waals surface area contributed by atoms with E-state index in [1.165, 1.54) is 17.1 Å². The first-order valence-electron chi connectivity index (χ1n) is 8.01. The van der Waals surface area contributed by atoms with Crippen LogP contribution in [0.4, 0.5) is 0 Å². The number of piperazine rings is 2. The van der Waals surface area contributed by atoms with Crippen molar-refractivity contribution in [3.05, 3.63) is 30.1 Å². The zero-order chi connectivity index (χ0) is 17.4. The zero-order valence-corrected chi connectivity index (χ0v) is 13.4. The average Bonchev–Trinajstić information content (AvgIpc) is 3.16. The van der Waals surface area contributed by atoms with Crippen LogP contribution in [0.5, 0.6) is 5.75 Å². The number of amides is 2. The summed E-state index contributed by atoms with van der Waals surface area (Å²) < 4.78 is 1.41. The monoisotopic (exact) mass is 343 g/mol. The molecule has 0 bridgehead atoms. The molecule has 3 heterocycles. The van der Waals surface area contributed by atoms with Crippen molar-refractivity contribution >= 4 is 11.8 Å². The lowest BCUT2D eigenvalue weighted by atomic mass is 10.1. The molecule has 2 amide bonds. The number of phenols is 1. The van der Waals surface area contributed by atoms with Crippen LogP contribution < -0.4 is 5.32 Å². The highest BCUT2D eigenvalue weighted by Gasteiger charge is 2.36. The summed E-state index contributed by atoms with van der Waals surface area (Å²) in [6.07, 6.45) is 1.41. The average molecular weight is 343 g/mol. The summed E-state index contributed by atoms with van der Waals surface area (Å²) in [5, 5.41) is 23.9. The quantitative estimate of drug-likeness (QED) is 0.690. The van der Waals surface area contributed by atoms with Gasteiger partial charge in [0.1, 0.15) is 18.1 Å². The molecule has 2 aromatic rings. The summed E-state index contributed by atoms with van der Waals surface area (Å²) in [6.45, 7) is 2.88. The van der Waals surface area contributed by atoms with Crippen LogP contribution in [0.15, 0.2) is 24.5 Å². The van der Waals surface area contributed by atoms with Crippen molar-refractivity contribution < 1.29 is 14.7 Å². The summed E-state index contributed by atoms with van der Waals surface area (Å²) >= 11 is 0. The van der Waals surface area contributed by atoms with Gasteiger partial charge in [0.15, 0.2) is 0 Å². The molecule has 25 heavy (non-hydrogen) atoms. The fraction of sp³-hybridized carbons (Fsp3) is 0.400. The van der Waals surface area contributed by atoms with Gasteiger partial charge in [0.05, 0.1) is 11.3 Å². The third-order valence-electron chi connectivity index (χ3n) is 4.60. The molecule has 1 atom stereocenters. The van der Waals surface area contributed by atoms with Crippen LogP contribution >= 0.6 is 0 Å². The minimum absolute atomic E-state index is 0.0598. The van der Waals surface area contributed by atoms with Gasteiger partial charge in [-0.1, -0.05) is 0 Å². The van der Waals surface area contributed by atoms with E-state index in [9.17, 15) is 14.7 Å². The SMILES string of the molecule is O=C1NCCN2CCN(C(=O)c3cc(-n4cnnn4)ccc3O)CC12. The summed E-state index contributed by atoms with van der Waals surface area (Å²) in [6, 6.07) is 4.26. The van der Waals surface area contributed by atoms with E-state index >= 15 is 0 Å². The molecule has 2 aliphatic rings. The number of tetrazole rings is 1. The van der Waals surface area contributed by atoms with Crippen molar-refractivity contribution in [2.45, 2.75) is 6.04 Å². The van der Waals surface area contributed by atoms with Crippen LogP contribution in [0, 0.1) is 0 Å². The largest absolute Gasteiger partial charge is 0.507 e. The number of hydrogen-bond donors (Lipinski definition) is 2. The lowest BCUT2D eigenvalue weighted by Crippen LogP contribution is -2.64. The van der Waals surface area contributed by atoms with E-state index in [1.807, 2.05) is 0 Å². The van der Waals surface area contributed by atoms with Crippen LogP contribution in [0.1, 0.15) is 10.4 Å². The number of fused-ring (bicyclic) bond motifs is 1. The van der Waals surface area contributed by atoms with Crippen molar-refractivity contribution in [1.29, 1.82) is 0 Å². The summed E-state index contributed by atoms with van der Waals surface area (Å²) in [5.74, 6) is -0.488. The molecule has 0 aliphatic carbocycles. The molecule has 10 heteroatoms. The first kappa shape index (κ1) is 15.5. The molecule has 2 N–H and O–H groups in total. The number of aromatic hydroxyl groups is 1. The predicted molar refractivity (Wildman–Crippen MR) is 85.1 cm³/mol. The Morgan fingerprint density at radius 3 is 2.96 bits per heavy atom. The summed E-state index contributed by atoms with van der Waals surface area (Å²) in [7, 11) is 0. The number of nitrogens with one attached hydrogen (secondary N) is 1. The highest BCUT2D eigenvalue weighted by Crippen LogP contribution is 2.23. The molecule has 130 valence electrons. The Morgan fingerprint density at radius 2 is 2.16 bits per heavy atom. The molecule has 10 nitrogen and oxygen atoms in total. The van der Waals surface area contributed by atoms with Crippen molar-refractivity contribution in [2.24, 2.45) is 0 Å². The predicted octanol–water partition coefficient (Wildman–Crippen LogP) is -1.38. The van der Waals surface area contributed by atoms with E-state index < -0.39 is 0 Å². The number of carbonyl (C=O) groups is 2. The van der Waals surface area contributed by atoms with Gasteiger partial charge >= 0.3 is 0 Å². The number of nitrogens with zero attached hydrogens (tertiary/aromatic N) is 6. The normalized spacial score (nSPS) is 20.9. The minimum atomic E-state index is -0.337. The Morgan fingerprint density at radius 1 is 1.28 bits per heavy atom. The molecule has 0 radical (unpaired) electrons. The molecular weight excluding hydrogens is 326 g/mol. The molecule has 1 aromatic heterocycles. The minimum Gasteiger partial charge on any atom is -0.507 e. The highest BCUT2D eigenvalue weighted by atomic mass is 16.3. The van der Waals surface area contributed by atoms with Crippen LogP contribution in [0.2, 0.25) is 0 Å². The molecule has 1 unspecified atom stereocenters. The molecule has 2 saturated heterocycles. The molecule has 4 rings (SSSR count). The molecule has 1 aromatic carbocycles. The fourth-order valence-electron chi connectivity index (χ4n) is 3.25. The van der Waals surface area contributed by atoms with Gasteiger partial charge in [0, 0.05) is 32.7 Å². The number of rotatable bonds is 2. The van der Waals surface area contributed by atoms with Gasteiger partial charge in [0.2, 0.25) is 5.91 Å². The molecule has 2 aliphatic heterocycles. The van der Waals surface area contributed by atoms with Crippen molar-refractivity contribution in [3.63, 3.8) is 0 Å². The van der Waals surface area contributed by atoms with Crippen LogP contribution in [-0.4, -0.2) is 85.7 Å². The van der Waals surface area contributed by atoms with Crippen LogP contribution in [0.3, 0.4) is 0 Å². The smallest absolute Gasteiger partial charge is 0.257 e. The Hall–Kier alpha value is -3.01. The molecule has 0 saturated carbocycles. The van der Waals surface area contributed by atoms with E-state index in [2.05, 4.69) is 25.7 Å². The van der Waals surface area contributed by atoms with Crippen LogP contribution in [0.25, 0.3) is 5.69 Å². The van der Waals surface area contributed by atoms with Crippen molar-refractivity contribution in [3.8, 4) is 11.4 Å². The fourth-order valence-corrected chi connectivity index (χ4v) is 3.25. The van der Waals surface area contributed by atoms with Gasteiger partial charge in [-0.3, -0.25) is 14.5 Å². The lowest BCUT2D eigenvalue weighted by Gasteiger charge is -2.43. The van der Waals surface area contributed by atoms with Gasteiger partial charge in [-0.2, -0.15) is 0 Å². The van der Waals surface area contributed by atoms with Gasteiger partial charge in [-0.05, 0) is 28.6 Å². The maximum atomic E-state index is 12.9. The maximum absolute atomic E-state index is 12.9. The number of benzene rings is 1. The molecule has 0 spiro atoms. The Labute approximate surface area is 143 Å². The first-order chi connectivity index (χ1) is 12.1. The maximum Gasteiger partial charge on any atom is 0.257 e. The van der Waals surface area contributed by atoms with E-state index in [1.54, 1.807) is 17.0 Å². The van der Waals surface area contributed by atoms with E-state index in [0.717, 1.165) is 6.54 Å². The summed E-state index contributed by atoms with van der Waals surface area (Å²) in [4.78, 5) is 28.6. The van der Waals surface area contributed by atoms with E-state index in [4.69, 9.17) is 0 Å². The van der Waals surface area contributed by atoms with E-state index in [-0.39, 0.29) is 29.2 Å². The molecular formula is C15H17N7O3. The Kier molecular flexibility index (Phi) is 3.80. The Balaban J connectivity index is 1.58. The lowest BCUT2D eigenvalue weighted by molar-refractivity contribution is -0.131. The van der Waals surface area contributed by atoms with Gasteiger partial charge in [0.25, 0.3) is 5.91 Å². The third-order valence-corrected chi connectivity index (χ3v) is 4.60. The van der Waals surface area contributed by atoms with Gasteiger partial charge in [-0.15, -0.1) is 5.10 Å². The summed E-state index contributed by atoms with van der Waals surface area (Å²) in [5.41, 5.74) is 0.734. The number of carbonyl (C=O) groups excluding carboxylic acids is 2. The van der Waals surface area contributed by atoms with Gasteiger partial charge in [-0.25, -0.2) is 4.68 Å². The number of phenolic OH excluding ortho intramolecular Hbond substituents is 1. The van der Waals surface area contributed by atoms with Crippen molar-refractivity contribution in [1.82, 2.24) is 35.3 Å². The second-order valence-corrected chi connectivity index (χ2v) is 6.05. The number of hydrogen-bond acceptors (Lipinski definition) is 7. The van der Waals surface area contributed by atoms with E-state index in [0.29, 0.717) is 31.9 Å².